The fourth-order valence-electron chi connectivity index (χ4n) is 4.82. The number of rotatable bonds is 4. The molecule has 0 radical (unpaired) electrons. The summed E-state index contributed by atoms with van der Waals surface area (Å²) in [5, 5.41) is 0.762. The van der Waals surface area contributed by atoms with Gasteiger partial charge >= 0.3 is 6.03 Å². The number of hydrogen-bond acceptors (Lipinski definition) is 3. The third kappa shape index (κ3) is 3.42. The zero-order valence-electron chi connectivity index (χ0n) is 17.2. The number of benzene rings is 3. The number of carbonyl (C=O) groups is 2. The zero-order valence-corrected chi connectivity index (χ0v) is 18.7. The molecule has 0 spiro atoms. The maximum Gasteiger partial charge on any atom is 0.332 e. The molecule has 0 aliphatic carbocycles. The highest BCUT2D eigenvalue weighted by molar-refractivity contribution is 6.35. The van der Waals surface area contributed by atoms with E-state index in [1.54, 1.807) is 23.1 Å². The number of fused-ring (bicyclic) bond motifs is 1. The Labute approximate surface area is 196 Å². The van der Waals surface area contributed by atoms with Crippen LogP contribution in [0.15, 0.2) is 66.7 Å². The topological polar surface area (TPSA) is 66.6 Å². The molecular formula is C25H21Cl2N3O2. The van der Waals surface area contributed by atoms with Gasteiger partial charge < -0.3 is 10.6 Å². The van der Waals surface area contributed by atoms with E-state index in [2.05, 4.69) is 0 Å². The Morgan fingerprint density at radius 2 is 1.62 bits per heavy atom. The van der Waals surface area contributed by atoms with Crippen molar-refractivity contribution < 1.29 is 9.59 Å². The summed E-state index contributed by atoms with van der Waals surface area (Å²) in [5.74, 6) is -0.224. The number of carbonyl (C=O) groups excluding carboxylic acids is 2. The van der Waals surface area contributed by atoms with Crippen LogP contribution < -0.4 is 10.6 Å². The van der Waals surface area contributed by atoms with Crippen LogP contribution in [0.3, 0.4) is 0 Å². The normalized spacial score (nSPS) is 20.2. The molecule has 1 atom stereocenters. The molecule has 5 nitrogen and oxygen atoms in total. The lowest BCUT2D eigenvalue weighted by Crippen LogP contribution is -2.47. The van der Waals surface area contributed by atoms with Gasteiger partial charge in [0.05, 0.1) is 5.69 Å². The molecular weight excluding hydrogens is 445 g/mol. The minimum Gasteiger partial charge on any atom is -0.399 e. The number of anilines is 2. The van der Waals surface area contributed by atoms with Crippen molar-refractivity contribution in [1.82, 2.24) is 4.90 Å². The Kier molecular flexibility index (Phi) is 5.11. The van der Waals surface area contributed by atoms with Crippen LogP contribution >= 0.6 is 23.2 Å². The van der Waals surface area contributed by atoms with Crippen LogP contribution in [-0.2, 0) is 11.2 Å². The number of halogens is 2. The average molecular weight is 466 g/mol. The lowest BCUT2D eigenvalue weighted by atomic mass is 9.87. The summed E-state index contributed by atoms with van der Waals surface area (Å²) in [4.78, 5) is 29.8. The van der Waals surface area contributed by atoms with Crippen LogP contribution in [0.1, 0.15) is 18.4 Å². The Balaban J connectivity index is 1.46. The number of amides is 3. The van der Waals surface area contributed by atoms with Crippen molar-refractivity contribution in [3.63, 3.8) is 0 Å². The predicted molar refractivity (Wildman–Crippen MR) is 128 cm³/mol. The summed E-state index contributed by atoms with van der Waals surface area (Å²) >= 11 is 12.3. The Bertz CT molecular complexity index is 1210. The molecule has 2 saturated heterocycles. The second-order valence-corrected chi connectivity index (χ2v) is 9.21. The Hall–Kier alpha value is -3.02. The minimum atomic E-state index is -0.884. The molecule has 0 bridgehead atoms. The van der Waals surface area contributed by atoms with Crippen molar-refractivity contribution in [2.45, 2.75) is 24.8 Å². The fraction of sp³-hybridized carbons (Fsp3) is 0.200. The summed E-state index contributed by atoms with van der Waals surface area (Å²) in [6.07, 6.45) is 1.88. The molecule has 3 aromatic carbocycles. The van der Waals surface area contributed by atoms with Crippen molar-refractivity contribution in [2.24, 2.45) is 0 Å². The molecule has 3 aromatic rings. The zero-order chi connectivity index (χ0) is 22.5. The van der Waals surface area contributed by atoms with Gasteiger partial charge in [-0.3, -0.25) is 4.79 Å². The molecule has 2 fully saturated rings. The van der Waals surface area contributed by atoms with E-state index in [0.717, 1.165) is 23.1 Å². The highest BCUT2D eigenvalue weighted by atomic mass is 35.5. The van der Waals surface area contributed by atoms with E-state index in [1.807, 2.05) is 48.5 Å². The van der Waals surface area contributed by atoms with Crippen molar-refractivity contribution in [3.8, 4) is 11.1 Å². The summed E-state index contributed by atoms with van der Waals surface area (Å²) in [6, 6.07) is 20.3. The summed E-state index contributed by atoms with van der Waals surface area (Å²) in [6.45, 7) is 0.552. The highest BCUT2D eigenvalue weighted by Crippen LogP contribution is 2.43. The quantitative estimate of drug-likeness (QED) is 0.391. The first-order chi connectivity index (χ1) is 15.4. The highest BCUT2D eigenvalue weighted by Gasteiger charge is 2.59. The van der Waals surface area contributed by atoms with Crippen LogP contribution in [-0.4, -0.2) is 28.9 Å². The van der Waals surface area contributed by atoms with Gasteiger partial charge in [-0.25, -0.2) is 9.69 Å². The van der Waals surface area contributed by atoms with E-state index in [1.165, 1.54) is 4.90 Å². The van der Waals surface area contributed by atoms with Gasteiger partial charge in [-0.1, -0.05) is 59.6 Å². The van der Waals surface area contributed by atoms with E-state index in [0.29, 0.717) is 40.8 Å². The molecule has 2 heterocycles. The molecule has 3 amide bonds. The molecule has 7 heteroatoms. The van der Waals surface area contributed by atoms with Crippen molar-refractivity contribution in [1.29, 1.82) is 0 Å². The van der Waals surface area contributed by atoms with E-state index < -0.39 is 5.54 Å². The van der Waals surface area contributed by atoms with Crippen LogP contribution in [0.2, 0.25) is 10.0 Å². The maximum absolute atomic E-state index is 13.6. The van der Waals surface area contributed by atoms with E-state index in [9.17, 15) is 9.59 Å². The molecule has 0 aromatic heterocycles. The summed E-state index contributed by atoms with van der Waals surface area (Å²) in [7, 11) is 0. The van der Waals surface area contributed by atoms with Gasteiger partial charge in [0.25, 0.3) is 5.91 Å². The second kappa shape index (κ2) is 7.84. The first kappa shape index (κ1) is 20.9. The van der Waals surface area contributed by atoms with Gasteiger partial charge in [0.2, 0.25) is 0 Å². The Morgan fingerprint density at radius 1 is 0.906 bits per heavy atom. The number of nitrogens with zero attached hydrogens (tertiary/aromatic N) is 2. The number of urea groups is 1. The van der Waals surface area contributed by atoms with E-state index in [4.69, 9.17) is 28.9 Å². The lowest BCUT2D eigenvalue weighted by molar-refractivity contribution is -0.123. The average Bonchev–Trinajstić information content (AvgIpc) is 3.25. The van der Waals surface area contributed by atoms with Gasteiger partial charge in [0, 0.05) is 28.7 Å². The van der Waals surface area contributed by atoms with Crippen LogP contribution in [0.25, 0.3) is 11.1 Å². The third-order valence-electron chi connectivity index (χ3n) is 6.29. The van der Waals surface area contributed by atoms with Gasteiger partial charge in [0.1, 0.15) is 5.54 Å². The van der Waals surface area contributed by atoms with Gasteiger partial charge in [-0.15, -0.1) is 0 Å². The SMILES string of the molecule is Nc1cccc(-c2ccc(CC34CCCN3C(=O)N(c3cc(Cl)cc(Cl)c3)C4=O)cc2)c1. The molecule has 2 aliphatic rings. The lowest BCUT2D eigenvalue weighted by Gasteiger charge is -2.28. The van der Waals surface area contributed by atoms with Crippen LogP contribution in [0.4, 0.5) is 16.2 Å². The van der Waals surface area contributed by atoms with E-state index >= 15 is 0 Å². The van der Waals surface area contributed by atoms with Crippen molar-refractivity contribution in [3.05, 3.63) is 82.3 Å². The smallest absolute Gasteiger partial charge is 0.332 e. The largest absolute Gasteiger partial charge is 0.399 e. The molecule has 162 valence electrons. The fourth-order valence-corrected chi connectivity index (χ4v) is 5.34. The second-order valence-electron chi connectivity index (χ2n) is 8.34. The van der Waals surface area contributed by atoms with Gasteiger partial charge in [-0.2, -0.15) is 0 Å². The standard InChI is InChI=1S/C25H21Cl2N3O2/c26-19-12-20(27)14-22(13-19)30-23(31)25(9-2-10-29(25)24(30)32)15-16-5-7-17(8-6-16)18-3-1-4-21(28)11-18/h1,3-8,11-14H,2,9-10,15,28H2. The molecule has 32 heavy (non-hydrogen) atoms. The van der Waals surface area contributed by atoms with Crippen LogP contribution in [0, 0.1) is 0 Å². The third-order valence-corrected chi connectivity index (χ3v) is 6.72. The molecule has 5 rings (SSSR count). The monoisotopic (exact) mass is 465 g/mol. The number of imide groups is 1. The first-order valence-electron chi connectivity index (χ1n) is 10.4. The molecule has 0 saturated carbocycles. The maximum atomic E-state index is 13.6. The summed E-state index contributed by atoms with van der Waals surface area (Å²) in [5.41, 5.74) is 9.22. The van der Waals surface area contributed by atoms with Gasteiger partial charge in [-0.05, 0) is 59.9 Å². The number of nitrogen functional groups attached to an aromatic ring is 1. The van der Waals surface area contributed by atoms with Crippen molar-refractivity contribution >= 4 is 46.5 Å². The first-order valence-corrected chi connectivity index (χ1v) is 11.2. The molecule has 2 aliphatic heterocycles. The van der Waals surface area contributed by atoms with Crippen molar-refractivity contribution in [2.75, 3.05) is 17.2 Å². The Morgan fingerprint density at radius 3 is 2.31 bits per heavy atom. The predicted octanol–water partition coefficient (Wildman–Crippen LogP) is 5.79. The molecule has 2 N–H and O–H groups in total. The van der Waals surface area contributed by atoms with Gasteiger partial charge in [0.15, 0.2) is 0 Å². The van der Waals surface area contributed by atoms with E-state index in [-0.39, 0.29) is 11.9 Å². The van der Waals surface area contributed by atoms with Crippen LogP contribution in [0.5, 0.6) is 0 Å². The number of hydrogen-bond donors (Lipinski definition) is 1. The minimum absolute atomic E-state index is 0.224. The molecule has 1 unspecified atom stereocenters. The number of nitrogens with two attached hydrogens (primary N) is 1. The summed E-state index contributed by atoms with van der Waals surface area (Å²) < 4.78 is 0.